The van der Waals surface area contributed by atoms with Gasteiger partial charge in [0.25, 0.3) is 5.91 Å². The third kappa shape index (κ3) is 3.44. The predicted molar refractivity (Wildman–Crippen MR) is 146 cm³/mol. The van der Waals surface area contributed by atoms with Crippen LogP contribution >= 0.6 is 0 Å². The standard InChI is InChI=1S/C30H29N5O3/c1-34-10-12-35(13-11-34)28(36)20-5-3-4-19(14-20)27-22-8-6-18(15-26(22)32-33-27)24-17-30(24)23-16-21(38-2)7-9-25(23)31-29(30)37/h3-9,14-16,24H,10-13,17H2,1-2H3,(H,31,37)(H,32,33)/t24-,30?/m0/s1. The first kappa shape index (κ1) is 23.0. The molecule has 3 heterocycles. The fraction of sp³-hybridized carbons (Fsp3) is 0.300. The van der Waals surface area contributed by atoms with Crippen molar-refractivity contribution >= 4 is 28.4 Å². The summed E-state index contributed by atoms with van der Waals surface area (Å²) in [6.07, 6.45) is 0.766. The number of H-pyrrole nitrogens is 1. The molecule has 4 aromatic rings. The number of nitrogens with one attached hydrogen (secondary N) is 2. The molecule has 1 spiro atoms. The topological polar surface area (TPSA) is 90.6 Å². The lowest BCUT2D eigenvalue weighted by molar-refractivity contribution is -0.118. The molecule has 192 valence electrons. The number of piperazine rings is 1. The van der Waals surface area contributed by atoms with Crippen molar-refractivity contribution in [2.45, 2.75) is 17.8 Å². The minimum Gasteiger partial charge on any atom is -0.497 e. The van der Waals surface area contributed by atoms with Crippen LogP contribution in [0.5, 0.6) is 5.75 Å². The molecule has 3 aromatic carbocycles. The Morgan fingerprint density at radius 3 is 2.71 bits per heavy atom. The van der Waals surface area contributed by atoms with Gasteiger partial charge in [-0.2, -0.15) is 5.10 Å². The van der Waals surface area contributed by atoms with E-state index in [2.05, 4.69) is 45.7 Å². The zero-order valence-corrected chi connectivity index (χ0v) is 21.5. The molecule has 2 amide bonds. The summed E-state index contributed by atoms with van der Waals surface area (Å²) in [5.74, 6) is 0.967. The molecule has 2 fully saturated rings. The van der Waals surface area contributed by atoms with Crippen molar-refractivity contribution < 1.29 is 14.3 Å². The molecule has 7 rings (SSSR count). The number of hydrogen-bond donors (Lipinski definition) is 2. The van der Waals surface area contributed by atoms with Crippen LogP contribution in [0.25, 0.3) is 22.2 Å². The zero-order valence-electron chi connectivity index (χ0n) is 21.5. The van der Waals surface area contributed by atoms with Gasteiger partial charge in [0, 0.05) is 54.3 Å². The van der Waals surface area contributed by atoms with Gasteiger partial charge in [-0.3, -0.25) is 14.7 Å². The van der Waals surface area contributed by atoms with Crippen LogP contribution in [0.3, 0.4) is 0 Å². The molecule has 8 nitrogen and oxygen atoms in total. The second kappa shape index (κ2) is 8.43. The summed E-state index contributed by atoms with van der Waals surface area (Å²) < 4.78 is 5.42. The number of carbonyl (C=O) groups excluding carboxylic acids is 2. The summed E-state index contributed by atoms with van der Waals surface area (Å²) in [4.78, 5) is 30.4. The third-order valence-electron chi connectivity index (χ3n) is 8.48. The number of benzene rings is 3. The predicted octanol–water partition coefficient (Wildman–Crippen LogP) is 4.00. The molecule has 1 saturated heterocycles. The van der Waals surface area contributed by atoms with Gasteiger partial charge in [-0.25, -0.2) is 0 Å². The lowest BCUT2D eigenvalue weighted by Gasteiger charge is -2.32. The number of hydrogen-bond acceptors (Lipinski definition) is 5. The van der Waals surface area contributed by atoms with Crippen LogP contribution in [0.2, 0.25) is 0 Å². The number of likely N-dealkylation sites (N-methyl/N-ethyl adjacent to an activating group) is 1. The largest absolute Gasteiger partial charge is 0.497 e. The molecule has 2 N–H and O–H groups in total. The zero-order chi connectivity index (χ0) is 26.0. The van der Waals surface area contributed by atoms with Gasteiger partial charge in [0.15, 0.2) is 0 Å². The Morgan fingerprint density at radius 2 is 1.89 bits per heavy atom. The Labute approximate surface area is 220 Å². The Kier molecular flexibility index (Phi) is 5.10. The van der Waals surface area contributed by atoms with E-state index in [0.29, 0.717) is 5.56 Å². The number of anilines is 1. The molecule has 2 atom stereocenters. The molecular weight excluding hydrogens is 478 g/mol. The van der Waals surface area contributed by atoms with Gasteiger partial charge in [-0.1, -0.05) is 24.3 Å². The Morgan fingerprint density at radius 1 is 1.05 bits per heavy atom. The van der Waals surface area contributed by atoms with E-state index in [0.717, 1.165) is 77.3 Å². The van der Waals surface area contributed by atoms with Gasteiger partial charge in [0.2, 0.25) is 5.91 Å². The molecule has 3 aliphatic rings. The van der Waals surface area contributed by atoms with E-state index in [1.54, 1.807) is 7.11 Å². The molecule has 0 bridgehead atoms. The van der Waals surface area contributed by atoms with Crippen molar-refractivity contribution in [3.05, 3.63) is 77.4 Å². The molecule has 1 aromatic heterocycles. The first-order valence-corrected chi connectivity index (χ1v) is 13.0. The van der Waals surface area contributed by atoms with E-state index in [9.17, 15) is 9.59 Å². The van der Waals surface area contributed by atoms with Crippen LogP contribution in [0.4, 0.5) is 5.69 Å². The highest BCUT2D eigenvalue weighted by Crippen LogP contribution is 2.65. The number of nitrogens with zero attached hydrogens (tertiary/aromatic N) is 3. The average Bonchev–Trinajstić information content (AvgIpc) is 3.47. The molecule has 1 unspecified atom stereocenters. The lowest BCUT2D eigenvalue weighted by atomic mass is 9.91. The second-order valence-electron chi connectivity index (χ2n) is 10.6. The van der Waals surface area contributed by atoms with E-state index in [4.69, 9.17) is 4.74 Å². The van der Waals surface area contributed by atoms with E-state index < -0.39 is 5.41 Å². The van der Waals surface area contributed by atoms with Gasteiger partial charge >= 0.3 is 0 Å². The summed E-state index contributed by atoms with van der Waals surface area (Å²) in [7, 11) is 3.73. The molecule has 2 aliphatic heterocycles. The second-order valence-corrected chi connectivity index (χ2v) is 10.6. The number of amides is 2. The first-order chi connectivity index (χ1) is 18.5. The van der Waals surface area contributed by atoms with Gasteiger partial charge in [-0.05, 0) is 61.0 Å². The molecule has 8 heteroatoms. The molecular formula is C30H29N5O3. The Balaban J connectivity index is 1.17. The maximum absolute atomic E-state index is 13.1. The number of carbonyl (C=O) groups is 2. The SMILES string of the molecule is COc1ccc2c(c1)C1(C[C@H]1c1ccc3c(-c4cccc(C(=O)N5CCN(C)CC5)c4)n[nH]c3c1)C(=O)N2. The fourth-order valence-electron chi connectivity index (χ4n) is 6.16. The number of methoxy groups -OCH3 is 1. The van der Waals surface area contributed by atoms with Crippen molar-refractivity contribution in [1.82, 2.24) is 20.0 Å². The minimum absolute atomic E-state index is 0.0537. The highest BCUT2D eigenvalue weighted by molar-refractivity contribution is 6.10. The average molecular weight is 508 g/mol. The highest BCUT2D eigenvalue weighted by Gasteiger charge is 2.65. The van der Waals surface area contributed by atoms with Crippen LogP contribution in [0.1, 0.15) is 33.8 Å². The summed E-state index contributed by atoms with van der Waals surface area (Å²) in [5, 5.41) is 11.8. The van der Waals surface area contributed by atoms with E-state index in [-0.39, 0.29) is 17.7 Å². The van der Waals surface area contributed by atoms with Crippen molar-refractivity contribution in [3.63, 3.8) is 0 Å². The molecule has 1 aliphatic carbocycles. The van der Waals surface area contributed by atoms with Crippen LogP contribution in [-0.4, -0.2) is 72.1 Å². The monoisotopic (exact) mass is 507 g/mol. The maximum Gasteiger partial charge on any atom is 0.253 e. The normalized spacial score (nSPS) is 22.5. The quantitative estimate of drug-likeness (QED) is 0.436. The van der Waals surface area contributed by atoms with Gasteiger partial charge in [0.05, 0.1) is 23.7 Å². The van der Waals surface area contributed by atoms with Crippen molar-refractivity contribution in [2.75, 3.05) is 45.7 Å². The van der Waals surface area contributed by atoms with E-state index >= 15 is 0 Å². The van der Waals surface area contributed by atoms with Crippen molar-refractivity contribution in [3.8, 4) is 17.0 Å². The number of aromatic amines is 1. The number of rotatable bonds is 4. The van der Waals surface area contributed by atoms with Crippen LogP contribution in [0.15, 0.2) is 60.7 Å². The first-order valence-electron chi connectivity index (χ1n) is 13.0. The maximum atomic E-state index is 13.1. The van der Waals surface area contributed by atoms with Gasteiger partial charge in [0.1, 0.15) is 5.75 Å². The Bertz CT molecular complexity index is 1600. The Hall–Kier alpha value is -4.17. The highest BCUT2D eigenvalue weighted by atomic mass is 16.5. The van der Waals surface area contributed by atoms with Gasteiger partial charge < -0.3 is 19.9 Å². The van der Waals surface area contributed by atoms with Crippen molar-refractivity contribution in [2.24, 2.45) is 0 Å². The van der Waals surface area contributed by atoms with Gasteiger partial charge in [-0.15, -0.1) is 0 Å². The lowest BCUT2D eigenvalue weighted by Crippen LogP contribution is -2.47. The smallest absolute Gasteiger partial charge is 0.253 e. The van der Waals surface area contributed by atoms with Crippen LogP contribution < -0.4 is 10.1 Å². The van der Waals surface area contributed by atoms with E-state index in [1.807, 2.05) is 47.4 Å². The van der Waals surface area contributed by atoms with Crippen molar-refractivity contribution in [1.29, 1.82) is 0 Å². The number of aromatic nitrogens is 2. The fourth-order valence-corrected chi connectivity index (χ4v) is 6.16. The molecule has 0 radical (unpaired) electrons. The number of ether oxygens (including phenoxy) is 1. The number of fused-ring (bicyclic) bond motifs is 3. The summed E-state index contributed by atoms with van der Waals surface area (Å²) >= 11 is 0. The van der Waals surface area contributed by atoms with Crippen LogP contribution in [-0.2, 0) is 10.2 Å². The summed E-state index contributed by atoms with van der Waals surface area (Å²) in [6.45, 7) is 3.26. The van der Waals surface area contributed by atoms with E-state index in [1.165, 1.54) is 0 Å². The summed E-state index contributed by atoms with van der Waals surface area (Å²) in [5.41, 5.74) is 5.77. The third-order valence-corrected chi connectivity index (χ3v) is 8.48. The van der Waals surface area contributed by atoms with Crippen LogP contribution in [0, 0.1) is 0 Å². The molecule has 38 heavy (non-hydrogen) atoms. The minimum atomic E-state index is -0.543. The molecule has 1 saturated carbocycles. The summed E-state index contributed by atoms with van der Waals surface area (Å²) in [6, 6.07) is 19.8.